The van der Waals surface area contributed by atoms with Gasteiger partial charge in [0.2, 0.25) is 0 Å². The molecule has 1 fully saturated rings. The van der Waals surface area contributed by atoms with Gasteiger partial charge in [0, 0.05) is 31.7 Å². The highest BCUT2D eigenvalue weighted by Crippen LogP contribution is 2.28. The molecule has 7 nitrogen and oxygen atoms in total. The fourth-order valence-corrected chi connectivity index (χ4v) is 3.35. The van der Waals surface area contributed by atoms with Crippen LogP contribution in [0.5, 0.6) is 0 Å². The van der Waals surface area contributed by atoms with Crippen molar-refractivity contribution in [3.8, 4) is 0 Å². The van der Waals surface area contributed by atoms with Gasteiger partial charge in [0.1, 0.15) is 6.20 Å². The van der Waals surface area contributed by atoms with Crippen molar-refractivity contribution in [3.63, 3.8) is 0 Å². The molecule has 0 unspecified atom stereocenters. The van der Waals surface area contributed by atoms with Gasteiger partial charge in [0.15, 0.2) is 5.13 Å². The maximum absolute atomic E-state index is 12.5. The predicted octanol–water partition coefficient (Wildman–Crippen LogP) is 2.40. The molecule has 0 atom stereocenters. The van der Waals surface area contributed by atoms with Gasteiger partial charge in [-0.2, -0.15) is 0 Å². The Bertz CT molecular complexity index is 704. The number of nitrogens with zero attached hydrogens (tertiary/aromatic N) is 4. The minimum atomic E-state index is -0.426. The van der Waals surface area contributed by atoms with Gasteiger partial charge in [0.25, 0.3) is 5.91 Å². The lowest BCUT2D eigenvalue weighted by Gasteiger charge is -2.21. The second-order valence-corrected chi connectivity index (χ2v) is 6.22. The van der Waals surface area contributed by atoms with E-state index in [1.165, 1.54) is 6.20 Å². The molecule has 0 radical (unpaired) electrons. The summed E-state index contributed by atoms with van der Waals surface area (Å²) in [7, 11) is 0. The average Bonchev–Trinajstić information content (AvgIpc) is 2.94. The molecular weight excluding hydrogens is 316 g/mol. The zero-order chi connectivity index (χ0) is 16.2. The van der Waals surface area contributed by atoms with Crippen LogP contribution >= 0.6 is 11.3 Å². The molecule has 0 bridgehead atoms. The van der Waals surface area contributed by atoms with Crippen molar-refractivity contribution in [2.24, 2.45) is 0 Å². The Morgan fingerprint density at radius 3 is 2.65 bits per heavy atom. The highest BCUT2D eigenvalue weighted by molar-refractivity contribution is 7.18. The fourth-order valence-electron chi connectivity index (χ4n) is 2.56. The first-order valence-corrected chi connectivity index (χ1v) is 8.16. The lowest BCUT2D eigenvalue weighted by molar-refractivity contribution is -0.380. The number of amides is 1. The predicted molar refractivity (Wildman–Crippen MR) is 87.9 cm³/mol. The van der Waals surface area contributed by atoms with Gasteiger partial charge in [-0.1, -0.05) is 18.2 Å². The molecule has 2 heterocycles. The van der Waals surface area contributed by atoms with Gasteiger partial charge in [-0.25, -0.2) is 4.98 Å². The Balaban J connectivity index is 1.67. The molecule has 1 aromatic carbocycles. The van der Waals surface area contributed by atoms with Gasteiger partial charge in [-0.3, -0.25) is 14.9 Å². The molecule has 0 spiro atoms. The molecule has 120 valence electrons. The fraction of sp³-hybridized carbons (Fsp3) is 0.333. The van der Waals surface area contributed by atoms with Crippen LogP contribution in [0.2, 0.25) is 0 Å². The van der Waals surface area contributed by atoms with E-state index in [4.69, 9.17) is 0 Å². The van der Waals surface area contributed by atoms with E-state index in [0.717, 1.165) is 24.3 Å². The van der Waals surface area contributed by atoms with E-state index in [1.807, 2.05) is 40.1 Å². The van der Waals surface area contributed by atoms with E-state index < -0.39 is 4.92 Å². The molecule has 23 heavy (non-hydrogen) atoms. The highest BCUT2D eigenvalue weighted by atomic mass is 32.1. The van der Waals surface area contributed by atoms with Crippen LogP contribution in [0.4, 0.5) is 10.1 Å². The number of rotatable bonds is 3. The summed E-state index contributed by atoms with van der Waals surface area (Å²) < 4.78 is 0. The molecule has 1 saturated heterocycles. The summed E-state index contributed by atoms with van der Waals surface area (Å²) in [5, 5.41) is 11.5. The lowest BCUT2D eigenvalue weighted by Crippen LogP contribution is -2.35. The molecule has 0 aliphatic carbocycles. The van der Waals surface area contributed by atoms with Crippen LogP contribution in [0.25, 0.3) is 0 Å². The number of nitro groups is 1. The van der Waals surface area contributed by atoms with Crippen LogP contribution in [0, 0.1) is 10.1 Å². The van der Waals surface area contributed by atoms with Gasteiger partial charge in [0.05, 0.1) is 4.92 Å². The SMILES string of the molecule is O=C(c1ccccc1)N1CCCN(c2ncc([N+](=O)[O-])s2)CC1. The summed E-state index contributed by atoms with van der Waals surface area (Å²) in [6.07, 6.45) is 2.10. The third kappa shape index (κ3) is 3.48. The van der Waals surface area contributed by atoms with E-state index >= 15 is 0 Å². The molecule has 1 aromatic heterocycles. The van der Waals surface area contributed by atoms with Crippen molar-refractivity contribution in [2.75, 3.05) is 31.1 Å². The molecule has 0 saturated carbocycles. The van der Waals surface area contributed by atoms with Crippen molar-refractivity contribution >= 4 is 27.4 Å². The van der Waals surface area contributed by atoms with E-state index in [0.29, 0.717) is 30.3 Å². The maximum Gasteiger partial charge on any atom is 0.345 e. The topological polar surface area (TPSA) is 79.6 Å². The van der Waals surface area contributed by atoms with Gasteiger partial charge >= 0.3 is 5.00 Å². The van der Waals surface area contributed by atoms with E-state index in [2.05, 4.69) is 4.98 Å². The third-order valence-corrected chi connectivity index (χ3v) is 4.75. The van der Waals surface area contributed by atoms with Crippen LogP contribution < -0.4 is 4.90 Å². The highest BCUT2D eigenvalue weighted by Gasteiger charge is 2.23. The maximum atomic E-state index is 12.5. The normalized spacial score (nSPS) is 15.3. The van der Waals surface area contributed by atoms with E-state index in [9.17, 15) is 14.9 Å². The smallest absolute Gasteiger partial charge is 0.345 e. The Kier molecular flexibility index (Phi) is 4.52. The number of carbonyl (C=O) groups is 1. The zero-order valence-corrected chi connectivity index (χ0v) is 13.2. The first kappa shape index (κ1) is 15.4. The molecule has 1 aliphatic rings. The van der Waals surface area contributed by atoms with Crippen molar-refractivity contribution in [3.05, 3.63) is 52.2 Å². The number of hydrogen-bond acceptors (Lipinski definition) is 6. The minimum Gasteiger partial charge on any atom is -0.346 e. The van der Waals surface area contributed by atoms with Crippen molar-refractivity contribution in [2.45, 2.75) is 6.42 Å². The largest absolute Gasteiger partial charge is 0.346 e. The summed E-state index contributed by atoms with van der Waals surface area (Å²) in [6.45, 7) is 2.63. The Morgan fingerprint density at radius 1 is 1.17 bits per heavy atom. The van der Waals surface area contributed by atoms with Crippen molar-refractivity contribution in [1.29, 1.82) is 0 Å². The second-order valence-electron chi connectivity index (χ2n) is 5.24. The summed E-state index contributed by atoms with van der Waals surface area (Å²) in [4.78, 5) is 30.8. The molecule has 8 heteroatoms. The first-order chi connectivity index (χ1) is 11.1. The average molecular weight is 332 g/mol. The molecule has 3 rings (SSSR count). The Hall–Kier alpha value is -2.48. The van der Waals surface area contributed by atoms with Gasteiger partial charge in [-0.05, 0) is 29.9 Å². The first-order valence-electron chi connectivity index (χ1n) is 7.34. The summed E-state index contributed by atoms with van der Waals surface area (Å²) >= 11 is 1.08. The van der Waals surface area contributed by atoms with Crippen LogP contribution in [0.1, 0.15) is 16.8 Å². The standard InChI is InChI=1S/C15H16N4O3S/c20-14(12-5-2-1-3-6-12)17-7-4-8-18(10-9-17)15-16-11-13(23-15)19(21)22/h1-3,5-6,11H,4,7-10H2. The molecule has 1 aliphatic heterocycles. The van der Waals surface area contributed by atoms with Crippen molar-refractivity contribution < 1.29 is 9.72 Å². The van der Waals surface area contributed by atoms with Gasteiger partial charge < -0.3 is 9.80 Å². The number of carbonyl (C=O) groups excluding carboxylic acids is 1. The number of thiazole rings is 1. The summed E-state index contributed by atoms with van der Waals surface area (Å²) in [5.41, 5.74) is 0.686. The molecular formula is C15H16N4O3S. The molecule has 2 aromatic rings. The van der Waals surface area contributed by atoms with Gasteiger partial charge in [-0.15, -0.1) is 0 Å². The summed E-state index contributed by atoms with van der Waals surface area (Å²) in [5.74, 6) is 0.0255. The zero-order valence-electron chi connectivity index (χ0n) is 12.4. The Morgan fingerprint density at radius 2 is 1.96 bits per heavy atom. The minimum absolute atomic E-state index is 0.0255. The summed E-state index contributed by atoms with van der Waals surface area (Å²) in [6, 6.07) is 9.22. The van der Waals surface area contributed by atoms with Crippen LogP contribution in [0.15, 0.2) is 36.5 Å². The van der Waals surface area contributed by atoms with E-state index in [1.54, 1.807) is 0 Å². The molecule has 0 N–H and O–H groups in total. The number of anilines is 1. The number of aromatic nitrogens is 1. The van der Waals surface area contributed by atoms with Crippen LogP contribution in [0.3, 0.4) is 0 Å². The Labute approximate surface area is 137 Å². The second kappa shape index (κ2) is 6.74. The third-order valence-electron chi connectivity index (χ3n) is 3.74. The lowest BCUT2D eigenvalue weighted by atomic mass is 10.2. The monoisotopic (exact) mass is 332 g/mol. The van der Waals surface area contributed by atoms with Crippen molar-refractivity contribution in [1.82, 2.24) is 9.88 Å². The quantitative estimate of drug-likeness (QED) is 0.637. The van der Waals surface area contributed by atoms with Crippen LogP contribution in [-0.4, -0.2) is 46.9 Å². The van der Waals surface area contributed by atoms with Crippen LogP contribution in [-0.2, 0) is 0 Å². The molecule has 1 amide bonds. The number of benzene rings is 1. The van der Waals surface area contributed by atoms with E-state index in [-0.39, 0.29) is 10.9 Å². The number of hydrogen-bond donors (Lipinski definition) is 0.